The van der Waals surface area contributed by atoms with Crippen LogP contribution in [0, 0.1) is 0 Å². The number of carboxylic acid groups (broad SMARTS) is 1. The first-order valence-electron chi connectivity index (χ1n) is 6.87. The number of aliphatic hydroxyl groups excluding tert-OH is 1. The van der Waals surface area contributed by atoms with E-state index in [9.17, 15) is 9.90 Å². The van der Waals surface area contributed by atoms with Crippen LogP contribution in [0.2, 0.25) is 0 Å². The zero-order valence-electron chi connectivity index (χ0n) is 12.1. The van der Waals surface area contributed by atoms with Crippen molar-refractivity contribution < 1.29 is 19.7 Å². The number of para-hydroxylation sites is 1. The van der Waals surface area contributed by atoms with Gasteiger partial charge in [-0.05, 0) is 25.8 Å². The molecule has 1 aromatic rings. The highest BCUT2D eigenvalue weighted by molar-refractivity contribution is 6.17. The SMILES string of the molecule is CCCCOc1ccccc1/C(C(=O)O)=C(/C)CCO. The normalized spacial score (nSPS) is 11.9. The molecule has 0 bridgehead atoms. The molecule has 110 valence electrons. The number of hydrogen-bond donors (Lipinski definition) is 2. The average molecular weight is 278 g/mol. The van der Waals surface area contributed by atoms with Gasteiger partial charge >= 0.3 is 5.97 Å². The van der Waals surface area contributed by atoms with Crippen molar-refractivity contribution in [2.45, 2.75) is 33.1 Å². The zero-order valence-corrected chi connectivity index (χ0v) is 12.1. The molecule has 0 saturated heterocycles. The summed E-state index contributed by atoms with van der Waals surface area (Å²) in [6, 6.07) is 7.13. The molecule has 20 heavy (non-hydrogen) atoms. The Hall–Kier alpha value is -1.81. The average Bonchev–Trinajstić information content (AvgIpc) is 2.41. The third-order valence-corrected chi connectivity index (χ3v) is 3.04. The van der Waals surface area contributed by atoms with Crippen LogP contribution < -0.4 is 4.74 Å². The van der Waals surface area contributed by atoms with Crippen molar-refractivity contribution >= 4 is 11.5 Å². The minimum absolute atomic E-state index is 0.0680. The molecule has 0 radical (unpaired) electrons. The summed E-state index contributed by atoms with van der Waals surface area (Å²) in [5, 5.41) is 18.4. The minimum atomic E-state index is -0.998. The van der Waals surface area contributed by atoms with Crippen LogP contribution in [-0.2, 0) is 4.79 Å². The van der Waals surface area contributed by atoms with Crippen LogP contribution in [0.15, 0.2) is 29.8 Å². The van der Waals surface area contributed by atoms with Crippen molar-refractivity contribution in [3.63, 3.8) is 0 Å². The second-order valence-corrected chi connectivity index (χ2v) is 4.63. The highest BCUT2D eigenvalue weighted by atomic mass is 16.5. The Labute approximate surface area is 119 Å². The van der Waals surface area contributed by atoms with E-state index in [0.717, 1.165) is 12.8 Å². The first-order chi connectivity index (χ1) is 9.61. The molecule has 4 nitrogen and oxygen atoms in total. The van der Waals surface area contributed by atoms with E-state index in [2.05, 4.69) is 6.92 Å². The molecular weight excluding hydrogens is 256 g/mol. The highest BCUT2D eigenvalue weighted by Gasteiger charge is 2.18. The van der Waals surface area contributed by atoms with E-state index >= 15 is 0 Å². The van der Waals surface area contributed by atoms with Crippen LogP contribution >= 0.6 is 0 Å². The Bertz CT molecular complexity index is 477. The van der Waals surface area contributed by atoms with Crippen molar-refractivity contribution in [2.24, 2.45) is 0 Å². The van der Waals surface area contributed by atoms with Crippen LogP contribution in [-0.4, -0.2) is 29.4 Å². The highest BCUT2D eigenvalue weighted by Crippen LogP contribution is 2.29. The van der Waals surface area contributed by atoms with E-state index in [1.807, 2.05) is 6.07 Å². The lowest BCUT2D eigenvalue weighted by Gasteiger charge is -2.14. The molecule has 0 unspecified atom stereocenters. The predicted octanol–water partition coefficient (Wildman–Crippen LogP) is 3.11. The lowest BCUT2D eigenvalue weighted by molar-refractivity contribution is -0.130. The molecule has 0 aromatic heterocycles. The molecule has 0 aliphatic heterocycles. The molecule has 0 aliphatic rings. The molecule has 0 atom stereocenters. The number of unbranched alkanes of at least 4 members (excludes halogenated alkanes) is 1. The maximum absolute atomic E-state index is 11.5. The third-order valence-electron chi connectivity index (χ3n) is 3.04. The fourth-order valence-corrected chi connectivity index (χ4v) is 1.95. The van der Waals surface area contributed by atoms with Crippen LogP contribution in [0.3, 0.4) is 0 Å². The van der Waals surface area contributed by atoms with Crippen molar-refractivity contribution in [2.75, 3.05) is 13.2 Å². The van der Waals surface area contributed by atoms with Gasteiger partial charge in [0.2, 0.25) is 0 Å². The van der Waals surface area contributed by atoms with Gasteiger partial charge in [-0.15, -0.1) is 0 Å². The van der Waals surface area contributed by atoms with Crippen molar-refractivity contribution in [1.82, 2.24) is 0 Å². The fourth-order valence-electron chi connectivity index (χ4n) is 1.95. The molecule has 0 saturated carbocycles. The molecule has 0 amide bonds. The standard InChI is InChI=1S/C16H22O4/c1-3-4-11-20-14-8-6-5-7-13(14)15(16(18)19)12(2)9-10-17/h5-8,17H,3-4,9-11H2,1-2H3,(H,18,19)/b15-12+. The van der Waals surface area contributed by atoms with E-state index in [0.29, 0.717) is 29.9 Å². The van der Waals surface area contributed by atoms with Crippen LogP contribution in [0.25, 0.3) is 5.57 Å². The van der Waals surface area contributed by atoms with Gasteiger partial charge < -0.3 is 14.9 Å². The van der Waals surface area contributed by atoms with Crippen LogP contribution in [0.1, 0.15) is 38.7 Å². The number of aliphatic hydroxyl groups is 1. The predicted molar refractivity (Wildman–Crippen MR) is 78.8 cm³/mol. The summed E-state index contributed by atoms with van der Waals surface area (Å²) in [6.45, 7) is 4.30. The topological polar surface area (TPSA) is 66.8 Å². The molecule has 4 heteroatoms. The summed E-state index contributed by atoms with van der Waals surface area (Å²) in [6.07, 6.45) is 2.29. The summed E-state index contributed by atoms with van der Waals surface area (Å²) in [4.78, 5) is 11.5. The number of benzene rings is 1. The lowest BCUT2D eigenvalue weighted by atomic mass is 9.98. The number of rotatable bonds is 8. The molecular formula is C16H22O4. The second-order valence-electron chi connectivity index (χ2n) is 4.63. The van der Waals surface area contributed by atoms with E-state index < -0.39 is 5.97 Å². The van der Waals surface area contributed by atoms with Gasteiger partial charge in [0.25, 0.3) is 0 Å². The van der Waals surface area contributed by atoms with Crippen LogP contribution in [0.5, 0.6) is 5.75 Å². The maximum Gasteiger partial charge on any atom is 0.336 e. The monoisotopic (exact) mass is 278 g/mol. The Morgan fingerprint density at radius 3 is 2.60 bits per heavy atom. The molecule has 1 aromatic carbocycles. The first-order valence-corrected chi connectivity index (χ1v) is 6.87. The fraction of sp³-hybridized carbons (Fsp3) is 0.438. The smallest absolute Gasteiger partial charge is 0.336 e. The summed E-state index contributed by atoms with van der Waals surface area (Å²) in [7, 11) is 0. The van der Waals surface area contributed by atoms with Crippen molar-refractivity contribution in [3.05, 3.63) is 35.4 Å². The lowest BCUT2D eigenvalue weighted by Crippen LogP contribution is -2.07. The maximum atomic E-state index is 11.5. The van der Waals surface area contributed by atoms with Crippen molar-refractivity contribution in [1.29, 1.82) is 0 Å². The zero-order chi connectivity index (χ0) is 15.0. The Balaban J connectivity index is 3.14. The van der Waals surface area contributed by atoms with Gasteiger partial charge in [0.15, 0.2) is 0 Å². The van der Waals surface area contributed by atoms with Gasteiger partial charge in [-0.1, -0.05) is 37.1 Å². The quantitative estimate of drug-likeness (QED) is 0.566. The van der Waals surface area contributed by atoms with Gasteiger partial charge in [0.1, 0.15) is 5.75 Å². The molecule has 0 aliphatic carbocycles. The molecule has 0 fully saturated rings. The Kier molecular flexibility index (Phi) is 6.81. The number of ether oxygens (including phenoxy) is 1. The van der Waals surface area contributed by atoms with E-state index in [1.165, 1.54) is 0 Å². The van der Waals surface area contributed by atoms with Crippen LogP contribution in [0.4, 0.5) is 0 Å². The number of aliphatic carboxylic acids is 1. The Morgan fingerprint density at radius 1 is 1.30 bits per heavy atom. The van der Waals surface area contributed by atoms with Gasteiger partial charge in [-0.3, -0.25) is 0 Å². The molecule has 0 spiro atoms. The van der Waals surface area contributed by atoms with E-state index in [4.69, 9.17) is 9.84 Å². The van der Waals surface area contributed by atoms with Gasteiger partial charge in [-0.25, -0.2) is 4.79 Å². The summed E-state index contributed by atoms with van der Waals surface area (Å²) < 4.78 is 5.68. The molecule has 1 rings (SSSR count). The number of carbonyl (C=O) groups is 1. The second kappa shape index (κ2) is 8.38. The minimum Gasteiger partial charge on any atom is -0.493 e. The van der Waals surface area contributed by atoms with Gasteiger partial charge in [0.05, 0.1) is 12.2 Å². The summed E-state index contributed by atoms with van der Waals surface area (Å²) in [5.74, 6) is -0.418. The Morgan fingerprint density at radius 2 is 2.00 bits per heavy atom. The summed E-state index contributed by atoms with van der Waals surface area (Å²) in [5.41, 5.74) is 1.43. The largest absolute Gasteiger partial charge is 0.493 e. The first kappa shape index (κ1) is 16.2. The third kappa shape index (κ3) is 4.38. The summed E-state index contributed by atoms with van der Waals surface area (Å²) >= 11 is 0. The van der Waals surface area contributed by atoms with E-state index in [-0.39, 0.29) is 12.2 Å². The molecule has 0 heterocycles. The number of hydrogen-bond acceptors (Lipinski definition) is 3. The van der Waals surface area contributed by atoms with Crippen molar-refractivity contribution in [3.8, 4) is 5.75 Å². The molecule has 2 N–H and O–H groups in total. The van der Waals surface area contributed by atoms with E-state index in [1.54, 1.807) is 25.1 Å². The number of carboxylic acids is 1. The van der Waals surface area contributed by atoms with Gasteiger partial charge in [-0.2, -0.15) is 0 Å². The van der Waals surface area contributed by atoms with Gasteiger partial charge in [0, 0.05) is 12.2 Å².